The van der Waals surface area contributed by atoms with Crippen LogP contribution in [0, 0.1) is 26.6 Å². The van der Waals surface area contributed by atoms with Crippen molar-refractivity contribution >= 4 is 22.9 Å². The lowest BCUT2D eigenvalue weighted by molar-refractivity contribution is -0.121. The van der Waals surface area contributed by atoms with Crippen LogP contribution in [-0.2, 0) is 11.3 Å². The molecule has 0 aliphatic rings. The molecular weight excluding hydrogens is 439 g/mol. The van der Waals surface area contributed by atoms with Crippen LogP contribution in [0.15, 0.2) is 45.3 Å². The van der Waals surface area contributed by atoms with Gasteiger partial charge in [0.15, 0.2) is 0 Å². The topological polar surface area (TPSA) is 101 Å². The summed E-state index contributed by atoms with van der Waals surface area (Å²) in [6.45, 7) is 7.62. The summed E-state index contributed by atoms with van der Waals surface area (Å²) in [5, 5.41) is 7.26. The SMILES string of the molecule is CCN(CC(=O)NCc1ccc(F)cc1)C(=O)c1cc(-c2cc(C)oc2C)nc2onc(C)c12. The van der Waals surface area contributed by atoms with E-state index in [-0.39, 0.29) is 36.4 Å². The van der Waals surface area contributed by atoms with Crippen LogP contribution in [0.3, 0.4) is 0 Å². The van der Waals surface area contributed by atoms with E-state index in [1.807, 2.05) is 19.9 Å². The van der Waals surface area contributed by atoms with Crippen molar-refractivity contribution in [3.63, 3.8) is 0 Å². The molecule has 4 aromatic rings. The van der Waals surface area contributed by atoms with Gasteiger partial charge in [0, 0.05) is 18.7 Å². The fraction of sp³-hybridized carbons (Fsp3) is 0.280. The van der Waals surface area contributed by atoms with E-state index >= 15 is 0 Å². The number of carbonyl (C=O) groups excluding carboxylic acids is 2. The number of pyridine rings is 1. The molecule has 0 unspecified atom stereocenters. The Kier molecular flexibility index (Phi) is 6.45. The van der Waals surface area contributed by atoms with Crippen LogP contribution in [0.25, 0.3) is 22.4 Å². The van der Waals surface area contributed by atoms with E-state index < -0.39 is 0 Å². The Hall–Kier alpha value is -4.01. The molecule has 3 heterocycles. The second kappa shape index (κ2) is 9.46. The molecule has 0 aliphatic heterocycles. The third-order valence-corrected chi connectivity index (χ3v) is 5.57. The zero-order valence-electron chi connectivity index (χ0n) is 19.4. The van der Waals surface area contributed by atoms with Crippen LogP contribution < -0.4 is 5.32 Å². The summed E-state index contributed by atoms with van der Waals surface area (Å²) in [7, 11) is 0. The van der Waals surface area contributed by atoms with Gasteiger partial charge in [0.05, 0.1) is 28.9 Å². The molecule has 0 aliphatic carbocycles. The van der Waals surface area contributed by atoms with E-state index in [0.717, 1.165) is 16.9 Å². The quantitative estimate of drug-likeness (QED) is 0.437. The predicted octanol–water partition coefficient (Wildman–Crippen LogP) is 4.33. The highest BCUT2D eigenvalue weighted by atomic mass is 19.1. The molecule has 0 radical (unpaired) electrons. The van der Waals surface area contributed by atoms with Crippen molar-refractivity contribution < 1.29 is 22.9 Å². The minimum Gasteiger partial charge on any atom is -0.466 e. The van der Waals surface area contributed by atoms with Gasteiger partial charge in [-0.1, -0.05) is 17.3 Å². The first-order valence-corrected chi connectivity index (χ1v) is 10.9. The van der Waals surface area contributed by atoms with Gasteiger partial charge in [0.25, 0.3) is 11.6 Å². The van der Waals surface area contributed by atoms with Crippen molar-refractivity contribution in [3.8, 4) is 11.3 Å². The maximum atomic E-state index is 13.5. The molecule has 4 rings (SSSR count). The Labute approximate surface area is 195 Å². The first-order valence-electron chi connectivity index (χ1n) is 10.9. The molecule has 3 aromatic heterocycles. The second-order valence-electron chi connectivity index (χ2n) is 8.05. The highest BCUT2D eigenvalue weighted by Gasteiger charge is 2.25. The van der Waals surface area contributed by atoms with E-state index in [9.17, 15) is 14.0 Å². The first-order chi connectivity index (χ1) is 16.3. The fourth-order valence-corrected chi connectivity index (χ4v) is 3.82. The number of rotatable bonds is 7. The number of benzene rings is 1. The van der Waals surface area contributed by atoms with Crippen LogP contribution >= 0.6 is 0 Å². The summed E-state index contributed by atoms with van der Waals surface area (Å²) in [4.78, 5) is 32.1. The molecule has 0 bridgehead atoms. The number of aromatic nitrogens is 2. The number of furan rings is 1. The molecule has 8 nitrogen and oxygen atoms in total. The van der Waals surface area contributed by atoms with Crippen LogP contribution in [-0.4, -0.2) is 39.9 Å². The molecule has 2 amide bonds. The minimum absolute atomic E-state index is 0.135. The average molecular weight is 464 g/mol. The van der Waals surface area contributed by atoms with E-state index in [1.54, 1.807) is 32.0 Å². The molecule has 0 saturated heterocycles. The van der Waals surface area contributed by atoms with E-state index in [2.05, 4.69) is 15.5 Å². The van der Waals surface area contributed by atoms with Crippen molar-refractivity contribution in [2.45, 2.75) is 34.2 Å². The predicted molar refractivity (Wildman–Crippen MR) is 124 cm³/mol. The number of halogens is 1. The number of hydrogen-bond acceptors (Lipinski definition) is 6. The largest absolute Gasteiger partial charge is 0.466 e. The third-order valence-electron chi connectivity index (χ3n) is 5.57. The van der Waals surface area contributed by atoms with Crippen LogP contribution in [0.4, 0.5) is 4.39 Å². The standard InChI is InChI=1S/C25H25FN4O4/c1-5-30(13-22(31)27-12-17-6-8-18(26)9-7-17)25(32)20-11-21(19-10-14(2)33-16(19)4)28-24-23(20)15(3)29-34-24/h6-11H,5,12-13H2,1-4H3,(H,27,31). The molecule has 34 heavy (non-hydrogen) atoms. The molecular formula is C25H25FN4O4. The summed E-state index contributed by atoms with van der Waals surface area (Å²) >= 11 is 0. The Bertz CT molecular complexity index is 1360. The van der Waals surface area contributed by atoms with E-state index in [4.69, 9.17) is 8.94 Å². The van der Waals surface area contributed by atoms with Crippen molar-refractivity contribution in [2.75, 3.05) is 13.1 Å². The Morgan fingerprint density at radius 2 is 1.85 bits per heavy atom. The lowest BCUT2D eigenvalue weighted by Crippen LogP contribution is -2.40. The Morgan fingerprint density at radius 3 is 2.50 bits per heavy atom. The molecule has 0 fully saturated rings. The molecule has 1 N–H and O–H groups in total. The van der Waals surface area contributed by atoms with Gasteiger partial charge in [-0.2, -0.15) is 0 Å². The zero-order chi connectivity index (χ0) is 24.4. The molecule has 176 valence electrons. The van der Waals surface area contributed by atoms with Crippen molar-refractivity contribution in [1.29, 1.82) is 0 Å². The van der Waals surface area contributed by atoms with Crippen LogP contribution in [0.5, 0.6) is 0 Å². The maximum absolute atomic E-state index is 13.5. The van der Waals surface area contributed by atoms with Gasteiger partial charge in [0.2, 0.25) is 5.91 Å². The fourth-order valence-electron chi connectivity index (χ4n) is 3.82. The minimum atomic E-state index is -0.342. The number of aryl methyl sites for hydroxylation is 3. The molecule has 0 saturated carbocycles. The lowest BCUT2D eigenvalue weighted by atomic mass is 10.0. The summed E-state index contributed by atoms with van der Waals surface area (Å²) in [6, 6.07) is 9.40. The zero-order valence-corrected chi connectivity index (χ0v) is 19.4. The number of likely N-dealkylation sites (N-methyl/N-ethyl adjacent to an activating group) is 1. The normalized spacial score (nSPS) is 11.1. The first kappa shape index (κ1) is 23.2. The number of nitrogens with one attached hydrogen (secondary N) is 1. The molecule has 1 aromatic carbocycles. The highest BCUT2D eigenvalue weighted by Crippen LogP contribution is 2.31. The lowest BCUT2D eigenvalue weighted by Gasteiger charge is -2.21. The third kappa shape index (κ3) is 4.68. The van der Waals surface area contributed by atoms with Gasteiger partial charge in [-0.15, -0.1) is 0 Å². The van der Waals surface area contributed by atoms with Gasteiger partial charge in [-0.05, 0) is 57.5 Å². The maximum Gasteiger partial charge on any atom is 0.259 e. The molecule has 0 spiro atoms. The van der Waals surface area contributed by atoms with Gasteiger partial charge in [0.1, 0.15) is 17.3 Å². The summed E-state index contributed by atoms with van der Waals surface area (Å²) in [5.41, 5.74) is 3.17. The van der Waals surface area contributed by atoms with E-state index in [1.165, 1.54) is 17.0 Å². The van der Waals surface area contributed by atoms with Gasteiger partial charge >= 0.3 is 0 Å². The van der Waals surface area contributed by atoms with E-state index in [0.29, 0.717) is 34.6 Å². The average Bonchev–Trinajstić information content (AvgIpc) is 3.36. The molecule has 0 atom stereocenters. The second-order valence-corrected chi connectivity index (χ2v) is 8.05. The smallest absolute Gasteiger partial charge is 0.259 e. The van der Waals surface area contributed by atoms with Crippen molar-refractivity contribution in [1.82, 2.24) is 20.4 Å². The monoisotopic (exact) mass is 464 g/mol. The summed E-state index contributed by atoms with van der Waals surface area (Å²) in [6.07, 6.45) is 0. The number of nitrogens with zero attached hydrogens (tertiary/aromatic N) is 3. The highest BCUT2D eigenvalue weighted by molar-refractivity contribution is 6.07. The molecule has 9 heteroatoms. The van der Waals surface area contributed by atoms with Gasteiger partial charge in [-0.25, -0.2) is 9.37 Å². The number of fused-ring (bicyclic) bond motifs is 1. The van der Waals surface area contributed by atoms with Crippen molar-refractivity contribution in [2.24, 2.45) is 0 Å². The number of carbonyl (C=O) groups is 2. The van der Waals surface area contributed by atoms with Gasteiger partial charge in [-0.3, -0.25) is 9.59 Å². The Balaban J connectivity index is 1.59. The number of amides is 2. The van der Waals surface area contributed by atoms with Crippen LogP contribution in [0.1, 0.15) is 40.1 Å². The summed E-state index contributed by atoms with van der Waals surface area (Å²) < 4.78 is 24.1. The van der Waals surface area contributed by atoms with Gasteiger partial charge < -0.3 is 19.2 Å². The van der Waals surface area contributed by atoms with Crippen LogP contribution in [0.2, 0.25) is 0 Å². The number of hydrogen-bond donors (Lipinski definition) is 1. The van der Waals surface area contributed by atoms with Crippen molar-refractivity contribution in [3.05, 3.63) is 70.6 Å². The summed E-state index contributed by atoms with van der Waals surface area (Å²) in [5.74, 6) is 0.395. The Morgan fingerprint density at radius 1 is 1.12 bits per heavy atom.